The van der Waals surface area contributed by atoms with Crippen LogP contribution in [0.15, 0.2) is 179 Å². The maximum Gasteiger partial charge on any atom is 0.208 e. The molecule has 390 valence electrons. The normalized spacial score (nSPS) is 11.9. The number of benzene rings is 12. The molecule has 14 nitrogen and oxygen atoms in total. The number of aryl methyl sites for hydroxylation is 2. The number of fused-ring (bicyclic) bond motifs is 6. The van der Waals surface area contributed by atoms with Crippen molar-refractivity contribution in [1.29, 1.82) is 0 Å². The van der Waals surface area contributed by atoms with E-state index >= 15 is 0 Å². The van der Waals surface area contributed by atoms with Crippen LogP contribution in [0.2, 0.25) is 0 Å². The van der Waals surface area contributed by atoms with Crippen LogP contribution in [0.1, 0.15) is 11.1 Å². The van der Waals surface area contributed by atoms with Gasteiger partial charge in [0.2, 0.25) is 34.5 Å². The number of nitrogens with zero attached hydrogens (tertiary/aromatic N) is 2. The van der Waals surface area contributed by atoms with E-state index in [0.717, 1.165) is 44.2 Å². The van der Waals surface area contributed by atoms with E-state index < -0.39 is 68.9 Å². The van der Waals surface area contributed by atoms with Crippen molar-refractivity contribution in [1.82, 2.24) is 0 Å². The second-order valence-electron chi connectivity index (χ2n) is 20.0. The Hall–Kier alpha value is -11.1. The van der Waals surface area contributed by atoms with Gasteiger partial charge < -0.3 is 59.9 Å². The van der Waals surface area contributed by atoms with Gasteiger partial charge in [-0.1, -0.05) is 146 Å². The smallest absolute Gasteiger partial charge is 0.208 e. The number of phenols is 10. The zero-order valence-corrected chi connectivity index (χ0v) is 42.3. The highest BCUT2D eigenvalue weighted by Crippen LogP contribution is 2.62. The fraction of sp³-hybridized carbons (Fsp3) is 0.0303. The highest BCUT2D eigenvalue weighted by Gasteiger charge is 2.35. The molecule has 2 heterocycles. The number of rotatable bonds is 8. The lowest BCUT2D eigenvalue weighted by molar-refractivity contribution is 0.329. The third-order valence-electron chi connectivity index (χ3n) is 15.6. The van der Waals surface area contributed by atoms with Crippen molar-refractivity contribution in [3.63, 3.8) is 0 Å². The van der Waals surface area contributed by atoms with E-state index in [-0.39, 0.29) is 11.4 Å². The lowest BCUT2D eigenvalue weighted by atomic mass is 9.91. The van der Waals surface area contributed by atoms with Crippen molar-refractivity contribution in [2.75, 3.05) is 9.80 Å². The monoisotopic (exact) mass is 1060 g/mol. The summed E-state index contributed by atoms with van der Waals surface area (Å²) in [7, 11) is 0. The second-order valence-corrected chi connectivity index (χ2v) is 20.0. The molecule has 0 bridgehead atoms. The lowest BCUT2D eigenvalue weighted by Gasteiger charge is -2.30. The first kappa shape index (κ1) is 47.3. The average molecular weight is 1060 g/mol. The van der Waals surface area contributed by atoms with Gasteiger partial charge in [-0.3, -0.25) is 9.80 Å². The maximum atomic E-state index is 11.9. The summed E-state index contributed by atoms with van der Waals surface area (Å²) in [5.41, 5.74) is 7.40. The molecule has 12 aromatic carbocycles. The highest BCUT2D eigenvalue weighted by atomic mass is 16.4. The minimum atomic E-state index is -1.14. The van der Waals surface area contributed by atoms with Gasteiger partial charge in [0, 0.05) is 43.4 Å². The second kappa shape index (κ2) is 17.2. The van der Waals surface area contributed by atoms with E-state index in [1.165, 1.54) is 9.80 Å². The van der Waals surface area contributed by atoms with Crippen LogP contribution in [0.3, 0.4) is 0 Å². The minimum Gasteiger partial charge on any atom is -0.503 e. The molecule has 0 unspecified atom stereocenters. The maximum absolute atomic E-state index is 11.9. The molecule has 0 saturated carbocycles. The third kappa shape index (κ3) is 6.53. The molecule has 14 heteroatoms. The predicted octanol–water partition coefficient (Wildman–Crippen LogP) is 16.3. The van der Waals surface area contributed by atoms with E-state index in [9.17, 15) is 51.1 Å². The van der Waals surface area contributed by atoms with Crippen LogP contribution in [0.25, 0.3) is 98.4 Å². The fourth-order valence-corrected chi connectivity index (χ4v) is 11.8. The van der Waals surface area contributed by atoms with E-state index in [1.54, 1.807) is 36.4 Å². The first-order valence-electron chi connectivity index (χ1n) is 25.4. The van der Waals surface area contributed by atoms with Gasteiger partial charge in [-0.25, -0.2) is 0 Å². The van der Waals surface area contributed by atoms with Gasteiger partial charge in [0.1, 0.15) is 22.5 Å². The predicted molar refractivity (Wildman–Crippen MR) is 311 cm³/mol. The van der Waals surface area contributed by atoms with Gasteiger partial charge in [0.05, 0.1) is 22.7 Å². The molecule has 0 aliphatic heterocycles. The number of para-hydroxylation sites is 4. The number of anilines is 6. The van der Waals surface area contributed by atoms with Crippen molar-refractivity contribution < 1.29 is 59.9 Å². The fourth-order valence-electron chi connectivity index (χ4n) is 11.8. The molecule has 14 aromatic rings. The highest BCUT2D eigenvalue weighted by molar-refractivity contribution is 6.29. The van der Waals surface area contributed by atoms with E-state index in [2.05, 4.69) is 0 Å². The molecular formula is C66H44N2O12. The van der Waals surface area contributed by atoms with Crippen LogP contribution in [0.5, 0.6) is 57.5 Å². The summed E-state index contributed by atoms with van der Waals surface area (Å²) in [6.07, 6.45) is 0. The van der Waals surface area contributed by atoms with Crippen LogP contribution >= 0.6 is 0 Å². The number of hydrogen-bond donors (Lipinski definition) is 10. The summed E-state index contributed by atoms with van der Waals surface area (Å²) >= 11 is 0. The van der Waals surface area contributed by atoms with Gasteiger partial charge >= 0.3 is 0 Å². The Morgan fingerprint density at radius 1 is 0.263 bits per heavy atom. The number of hydrogen-bond acceptors (Lipinski definition) is 14. The molecule has 0 atom stereocenters. The van der Waals surface area contributed by atoms with E-state index in [0.29, 0.717) is 76.8 Å². The Morgan fingerprint density at radius 3 is 0.950 bits per heavy atom. The molecule has 0 aliphatic rings. The third-order valence-corrected chi connectivity index (χ3v) is 15.6. The molecule has 0 radical (unpaired) electrons. The van der Waals surface area contributed by atoms with Crippen LogP contribution in [0, 0.1) is 13.8 Å². The Bertz CT molecular complexity index is 4590. The number of phenolic OH excluding ortho intramolecular Hbond substituents is 10. The molecular weight excluding hydrogens is 1010 g/mol. The summed E-state index contributed by atoms with van der Waals surface area (Å²) in [5, 5.41) is 121. The van der Waals surface area contributed by atoms with Crippen molar-refractivity contribution in [2.45, 2.75) is 13.8 Å². The quantitative estimate of drug-likeness (QED) is 0.0387. The van der Waals surface area contributed by atoms with Crippen molar-refractivity contribution in [3.05, 3.63) is 181 Å². The average Bonchev–Trinajstić information content (AvgIpc) is 4.23. The molecule has 0 saturated heterocycles. The van der Waals surface area contributed by atoms with E-state index in [1.807, 2.05) is 147 Å². The lowest BCUT2D eigenvalue weighted by Crippen LogP contribution is -2.12. The SMILES string of the molecule is Cc1ccccc1-c1cccc2c1oc1c(N(c3c(O)c(O)c(O)c(O)c3O)c3ccc4ccc5c(N(c6c(O)c(O)c(O)c(O)c6O)c6cccc7c6oc6c(-c8ccccc8C)cccc67)ccc6ccc3c4c65)cccc12. The Kier molecular flexibility index (Phi) is 10.2. The number of furan rings is 2. The van der Waals surface area contributed by atoms with Gasteiger partial charge in [-0.15, -0.1) is 0 Å². The van der Waals surface area contributed by atoms with Crippen LogP contribution in [-0.2, 0) is 0 Å². The molecule has 0 aliphatic carbocycles. The van der Waals surface area contributed by atoms with Crippen molar-refractivity contribution in [2.24, 2.45) is 0 Å². The van der Waals surface area contributed by atoms with Crippen molar-refractivity contribution >= 4 is 110 Å². The van der Waals surface area contributed by atoms with Gasteiger partial charge in [0.25, 0.3) is 0 Å². The Labute approximate surface area is 452 Å². The van der Waals surface area contributed by atoms with E-state index in [4.69, 9.17) is 8.83 Å². The Balaban J connectivity index is 1.06. The topological polar surface area (TPSA) is 235 Å². The largest absolute Gasteiger partial charge is 0.503 e. The van der Waals surface area contributed by atoms with Gasteiger partial charge in [-0.2, -0.15) is 0 Å². The van der Waals surface area contributed by atoms with Crippen LogP contribution < -0.4 is 9.80 Å². The molecule has 80 heavy (non-hydrogen) atoms. The number of aromatic hydroxyl groups is 10. The Morgan fingerprint density at radius 2 is 0.575 bits per heavy atom. The van der Waals surface area contributed by atoms with Crippen LogP contribution in [0.4, 0.5) is 34.1 Å². The summed E-state index contributed by atoms with van der Waals surface area (Å²) in [6.45, 7) is 4.02. The minimum absolute atomic E-state index is 0.258. The molecule has 2 aromatic heterocycles. The molecule has 0 amide bonds. The molecule has 0 spiro atoms. The molecule has 10 N–H and O–H groups in total. The van der Waals surface area contributed by atoms with Crippen LogP contribution in [-0.4, -0.2) is 51.1 Å². The summed E-state index contributed by atoms with van der Waals surface area (Å²) in [4.78, 5) is 2.90. The summed E-state index contributed by atoms with van der Waals surface area (Å²) in [5.74, 6) is -10.5. The molecule has 14 rings (SSSR count). The molecule has 0 fully saturated rings. The zero-order valence-electron chi connectivity index (χ0n) is 42.3. The summed E-state index contributed by atoms with van der Waals surface area (Å²) < 4.78 is 13.8. The van der Waals surface area contributed by atoms with Gasteiger partial charge in [0.15, 0.2) is 34.2 Å². The van der Waals surface area contributed by atoms with Crippen molar-refractivity contribution in [3.8, 4) is 79.7 Å². The zero-order chi connectivity index (χ0) is 55.2. The summed E-state index contributed by atoms with van der Waals surface area (Å²) in [6, 6.07) is 52.8. The first-order valence-corrected chi connectivity index (χ1v) is 25.4. The standard InChI is InChI=1S/C66H44N2O12/c1-31-11-3-5-13-35(31)37-15-7-17-39-41-19-9-21-47(65(41)79-63(37)39)67(51-53(69)57(73)61(77)58(74)54(51)70)45-29-25-33-24-28-44-46(30-26-34-23-27-43(45)49(33)50(34)44)68(52-55(71)59(75)62(78)60(76)56(52)72)48-22-10-20-42-40-18-8-16-38(64(40)80-66(42)48)36-14-6-4-12-32(36)2/h3-30,69-78H,1-2H3. The van der Waals surface area contributed by atoms with Gasteiger partial charge in [-0.05, 0) is 81.9 Å². The first-order chi connectivity index (χ1) is 38.7.